The van der Waals surface area contributed by atoms with Gasteiger partial charge < -0.3 is 9.64 Å². The second kappa shape index (κ2) is 11.8. The maximum Gasteiger partial charge on any atom is 0.254 e. The highest BCUT2D eigenvalue weighted by Gasteiger charge is 2.23. The first-order chi connectivity index (χ1) is 18.6. The van der Waals surface area contributed by atoms with Crippen molar-refractivity contribution in [2.45, 2.75) is 19.5 Å². The van der Waals surface area contributed by atoms with Gasteiger partial charge in [0.1, 0.15) is 11.5 Å². The second-order valence-corrected chi connectivity index (χ2v) is 9.60. The summed E-state index contributed by atoms with van der Waals surface area (Å²) in [6.07, 6.45) is 0. The van der Waals surface area contributed by atoms with Crippen LogP contribution in [-0.2, 0) is 6.54 Å². The van der Waals surface area contributed by atoms with Gasteiger partial charge in [-0.05, 0) is 77.7 Å². The molecule has 0 bridgehead atoms. The van der Waals surface area contributed by atoms with Crippen LogP contribution < -0.4 is 4.74 Å². The lowest BCUT2D eigenvalue weighted by atomic mass is 10.0. The number of carbonyl (C=O) groups excluding carboxylic acids is 1. The molecule has 3 nitrogen and oxygen atoms in total. The van der Waals surface area contributed by atoms with Crippen molar-refractivity contribution >= 4 is 17.5 Å². The zero-order valence-corrected chi connectivity index (χ0v) is 21.9. The van der Waals surface area contributed by atoms with Crippen molar-refractivity contribution in [1.29, 1.82) is 0 Å². The molecule has 0 aliphatic rings. The first-order valence-electron chi connectivity index (χ1n) is 12.6. The third-order valence-electron chi connectivity index (χ3n) is 6.55. The minimum atomic E-state index is -0.127. The molecule has 0 N–H and O–H groups in total. The minimum Gasteiger partial charge on any atom is -0.457 e. The number of halogens is 1. The van der Waals surface area contributed by atoms with Crippen molar-refractivity contribution in [2.24, 2.45) is 0 Å². The van der Waals surface area contributed by atoms with Gasteiger partial charge in [0.25, 0.3) is 5.91 Å². The lowest BCUT2D eigenvalue weighted by Gasteiger charge is -2.30. The first kappa shape index (κ1) is 25.3. The van der Waals surface area contributed by atoms with Crippen molar-refractivity contribution < 1.29 is 9.53 Å². The highest BCUT2D eigenvalue weighted by atomic mass is 35.5. The molecular formula is C34H28ClNO2. The van der Waals surface area contributed by atoms with Gasteiger partial charge in [-0.15, -0.1) is 0 Å². The van der Waals surface area contributed by atoms with Crippen molar-refractivity contribution in [2.75, 3.05) is 0 Å². The molecule has 0 radical (unpaired) electrons. The average molecular weight is 518 g/mol. The fourth-order valence-electron chi connectivity index (χ4n) is 4.44. The molecule has 0 spiro atoms. The highest BCUT2D eigenvalue weighted by molar-refractivity contribution is 6.30. The highest BCUT2D eigenvalue weighted by Crippen LogP contribution is 2.28. The number of carbonyl (C=O) groups is 1. The third-order valence-corrected chi connectivity index (χ3v) is 6.80. The van der Waals surface area contributed by atoms with Gasteiger partial charge in [-0.2, -0.15) is 0 Å². The molecule has 188 valence electrons. The van der Waals surface area contributed by atoms with Crippen LogP contribution >= 0.6 is 11.6 Å². The van der Waals surface area contributed by atoms with Crippen LogP contribution in [0.3, 0.4) is 0 Å². The van der Waals surface area contributed by atoms with Gasteiger partial charge in [0.2, 0.25) is 0 Å². The van der Waals surface area contributed by atoms with E-state index < -0.39 is 0 Å². The molecule has 1 unspecified atom stereocenters. The number of benzene rings is 5. The molecule has 0 aromatic heterocycles. The number of rotatable bonds is 8. The molecule has 5 aromatic carbocycles. The SMILES string of the molecule is CC(c1ccccc1)N(Cc1cccc(Oc2ccc(Cl)cc2)c1)C(=O)c1ccc(-c2ccccc2)cc1. The lowest BCUT2D eigenvalue weighted by molar-refractivity contribution is 0.0674. The molecule has 1 atom stereocenters. The summed E-state index contributed by atoms with van der Waals surface area (Å²) in [5.74, 6) is 1.39. The summed E-state index contributed by atoms with van der Waals surface area (Å²) in [5.41, 5.74) is 4.92. The van der Waals surface area contributed by atoms with Crippen molar-refractivity contribution in [3.63, 3.8) is 0 Å². The molecule has 0 saturated heterocycles. The van der Waals surface area contributed by atoms with E-state index in [-0.39, 0.29) is 11.9 Å². The Balaban J connectivity index is 1.41. The van der Waals surface area contributed by atoms with Crippen LogP contribution in [0.4, 0.5) is 0 Å². The number of nitrogens with zero attached hydrogens (tertiary/aromatic N) is 1. The number of hydrogen-bond donors (Lipinski definition) is 0. The molecule has 5 rings (SSSR count). The van der Waals surface area contributed by atoms with Gasteiger partial charge in [0.15, 0.2) is 0 Å². The molecule has 4 heteroatoms. The van der Waals surface area contributed by atoms with E-state index in [1.807, 2.05) is 102 Å². The minimum absolute atomic E-state index is 0.0232. The zero-order valence-electron chi connectivity index (χ0n) is 21.1. The summed E-state index contributed by atoms with van der Waals surface area (Å²) in [4.78, 5) is 15.8. The fourth-order valence-corrected chi connectivity index (χ4v) is 4.57. The summed E-state index contributed by atoms with van der Waals surface area (Å²) in [5, 5.41) is 0.659. The third kappa shape index (κ3) is 6.13. The van der Waals surface area contributed by atoms with E-state index >= 15 is 0 Å². The van der Waals surface area contributed by atoms with Gasteiger partial charge in [-0.25, -0.2) is 0 Å². The summed E-state index contributed by atoms with van der Waals surface area (Å²) >= 11 is 6.00. The van der Waals surface area contributed by atoms with E-state index in [1.165, 1.54) is 0 Å². The molecule has 0 heterocycles. The summed E-state index contributed by atoms with van der Waals surface area (Å²) in [6.45, 7) is 2.51. The van der Waals surface area contributed by atoms with Gasteiger partial charge in [0, 0.05) is 17.1 Å². The fraction of sp³-hybridized carbons (Fsp3) is 0.0882. The Morgan fingerprint density at radius 3 is 2.03 bits per heavy atom. The molecule has 5 aromatic rings. The maximum atomic E-state index is 13.9. The van der Waals surface area contributed by atoms with Gasteiger partial charge >= 0.3 is 0 Å². The van der Waals surface area contributed by atoms with E-state index in [2.05, 4.69) is 31.2 Å². The normalized spacial score (nSPS) is 11.5. The van der Waals surface area contributed by atoms with Crippen LogP contribution in [0.5, 0.6) is 11.5 Å². The molecule has 1 amide bonds. The van der Waals surface area contributed by atoms with Crippen molar-refractivity contribution in [3.05, 3.63) is 155 Å². The Morgan fingerprint density at radius 2 is 1.34 bits per heavy atom. The molecule has 38 heavy (non-hydrogen) atoms. The Bertz CT molecular complexity index is 1480. The van der Waals surface area contributed by atoms with E-state index in [4.69, 9.17) is 16.3 Å². The average Bonchev–Trinajstić information content (AvgIpc) is 2.98. The second-order valence-electron chi connectivity index (χ2n) is 9.17. The van der Waals surface area contributed by atoms with E-state index in [0.717, 1.165) is 22.3 Å². The smallest absolute Gasteiger partial charge is 0.254 e. The van der Waals surface area contributed by atoms with Crippen molar-refractivity contribution in [1.82, 2.24) is 4.90 Å². The van der Waals surface area contributed by atoms with E-state index in [9.17, 15) is 4.79 Å². The number of ether oxygens (including phenoxy) is 1. The Morgan fingerprint density at radius 1 is 0.711 bits per heavy atom. The number of hydrogen-bond acceptors (Lipinski definition) is 2. The van der Waals surface area contributed by atoms with Gasteiger partial charge in [-0.1, -0.05) is 96.5 Å². The topological polar surface area (TPSA) is 29.5 Å². The monoisotopic (exact) mass is 517 g/mol. The van der Waals surface area contributed by atoms with Crippen LogP contribution in [0.25, 0.3) is 11.1 Å². The summed E-state index contributed by atoms with van der Waals surface area (Å²) in [6, 6.07) is 43.1. The lowest BCUT2D eigenvalue weighted by Crippen LogP contribution is -2.33. The predicted molar refractivity (Wildman–Crippen MR) is 155 cm³/mol. The van der Waals surface area contributed by atoms with Crippen LogP contribution in [0.1, 0.15) is 34.5 Å². The van der Waals surface area contributed by atoms with Gasteiger partial charge in [-0.3, -0.25) is 4.79 Å². The van der Waals surface area contributed by atoms with Crippen molar-refractivity contribution in [3.8, 4) is 22.6 Å². The number of amides is 1. The maximum absolute atomic E-state index is 13.9. The molecule has 0 aliphatic carbocycles. The first-order valence-corrected chi connectivity index (χ1v) is 13.0. The van der Waals surface area contributed by atoms with E-state index in [0.29, 0.717) is 28.6 Å². The van der Waals surface area contributed by atoms with Crippen LogP contribution in [0.2, 0.25) is 5.02 Å². The predicted octanol–water partition coefficient (Wildman–Crippen LogP) is 9.20. The Kier molecular flexibility index (Phi) is 7.86. The Hall–Kier alpha value is -4.34. The van der Waals surface area contributed by atoms with Crippen LogP contribution in [0, 0.1) is 0 Å². The molecule has 0 aliphatic heterocycles. The van der Waals surface area contributed by atoms with E-state index in [1.54, 1.807) is 12.1 Å². The standard InChI is InChI=1S/C34H28ClNO2/c1-25(27-10-4-2-5-11-27)36(34(37)30-17-15-29(16-18-30)28-12-6-3-7-13-28)24-26-9-8-14-33(23-26)38-32-21-19-31(35)20-22-32/h2-23,25H,24H2,1H3. The quantitative estimate of drug-likeness (QED) is 0.205. The van der Waals surface area contributed by atoms with Crippen LogP contribution in [-0.4, -0.2) is 10.8 Å². The Labute approximate surface area is 228 Å². The summed E-state index contributed by atoms with van der Waals surface area (Å²) in [7, 11) is 0. The summed E-state index contributed by atoms with van der Waals surface area (Å²) < 4.78 is 6.04. The zero-order chi connectivity index (χ0) is 26.3. The molecule has 0 fully saturated rings. The van der Waals surface area contributed by atoms with Crippen LogP contribution in [0.15, 0.2) is 133 Å². The van der Waals surface area contributed by atoms with Gasteiger partial charge in [0.05, 0.1) is 6.04 Å². The largest absolute Gasteiger partial charge is 0.457 e. The molecular weight excluding hydrogens is 490 g/mol. The molecule has 0 saturated carbocycles.